The van der Waals surface area contributed by atoms with Crippen LogP contribution in [0, 0.1) is 0 Å². The van der Waals surface area contributed by atoms with Crippen LogP contribution in [0.25, 0.3) is 0 Å². The molecule has 25 heavy (non-hydrogen) atoms. The number of aliphatic hydroxyl groups is 3. The molecule has 150 valence electrons. The Morgan fingerprint density at radius 2 is 1.00 bits per heavy atom. The third kappa shape index (κ3) is 15.5. The summed E-state index contributed by atoms with van der Waals surface area (Å²) in [5, 5.41) is 27.4. The first kappa shape index (κ1) is 24.6. The van der Waals surface area contributed by atoms with E-state index in [2.05, 4.69) is 6.92 Å². The maximum atomic E-state index is 11.4. The molecule has 0 saturated carbocycles. The smallest absolute Gasteiger partial charge is 0.191 e. The SMILES string of the molecule is CCCCCCCCCCCCCCCCCC(O)C(=O)C(O)CO. The number of carbonyl (C=O) groups excluding carboxylic acids is 1. The van der Waals surface area contributed by atoms with Gasteiger partial charge in [0, 0.05) is 0 Å². The monoisotopic (exact) mass is 358 g/mol. The Labute approximate surface area is 155 Å². The second-order valence-corrected chi connectivity index (χ2v) is 7.35. The van der Waals surface area contributed by atoms with E-state index in [-0.39, 0.29) is 0 Å². The molecule has 0 fully saturated rings. The van der Waals surface area contributed by atoms with Gasteiger partial charge in [-0.25, -0.2) is 0 Å². The Bertz CT molecular complexity index is 294. The Morgan fingerprint density at radius 1 is 0.640 bits per heavy atom. The fourth-order valence-electron chi connectivity index (χ4n) is 3.16. The van der Waals surface area contributed by atoms with Gasteiger partial charge >= 0.3 is 0 Å². The van der Waals surface area contributed by atoms with Crippen molar-refractivity contribution in [2.45, 2.75) is 122 Å². The van der Waals surface area contributed by atoms with Gasteiger partial charge in [0.25, 0.3) is 0 Å². The molecule has 4 heteroatoms. The molecular weight excluding hydrogens is 316 g/mol. The standard InChI is InChI=1S/C21H42O4/c1-2-3-4-5-6-7-8-9-10-11-12-13-14-15-16-17-19(23)21(25)20(24)18-22/h19-20,22-24H,2-18H2,1H3. The van der Waals surface area contributed by atoms with Crippen molar-refractivity contribution in [2.24, 2.45) is 0 Å². The molecule has 0 amide bonds. The van der Waals surface area contributed by atoms with Gasteiger partial charge in [-0.05, 0) is 6.42 Å². The van der Waals surface area contributed by atoms with Crippen LogP contribution in [0.2, 0.25) is 0 Å². The largest absolute Gasteiger partial charge is 0.393 e. The van der Waals surface area contributed by atoms with Crippen LogP contribution in [0.15, 0.2) is 0 Å². The second kappa shape index (κ2) is 18.3. The lowest BCUT2D eigenvalue weighted by Crippen LogP contribution is -2.34. The number of rotatable bonds is 19. The van der Waals surface area contributed by atoms with Crippen LogP contribution in [-0.2, 0) is 4.79 Å². The summed E-state index contributed by atoms with van der Waals surface area (Å²) >= 11 is 0. The van der Waals surface area contributed by atoms with Crippen molar-refractivity contribution in [1.29, 1.82) is 0 Å². The van der Waals surface area contributed by atoms with Gasteiger partial charge in [0.1, 0.15) is 12.2 Å². The van der Waals surface area contributed by atoms with Gasteiger partial charge in [-0.2, -0.15) is 0 Å². The minimum absolute atomic E-state index is 0.383. The summed E-state index contributed by atoms with van der Waals surface area (Å²) in [4.78, 5) is 11.4. The third-order valence-corrected chi connectivity index (χ3v) is 4.91. The Balaban J connectivity index is 3.22. The van der Waals surface area contributed by atoms with E-state index in [9.17, 15) is 9.90 Å². The third-order valence-electron chi connectivity index (χ3n) is 4.91. The number of Topliss-reactive ketones (excluding diaryl/α,β-unsaturated/α-hetero) is 1. The predicted molar refractivity (Wildman–Crippen MR) is 104 cm³/mol. The first-order chi connectivity index (χ1) is 12.1. The molecule has 0 aromatic carbocycles. The lowest BCUT2D eigenvalue weighted by atomic mass is 10.0. The minimum Gasteiger partial charge on any atom is -0.393 e. The van der Waals surface area contributed by atoms with Crippen LogP contribution in [-0.4, -0.2) is 39.9 Å². The summed E-state index contributed by atoms with van der Waals surface area (Å²) in [5.74, 6) is -0.659. The molecule has 0 bridgehead atoms. The van der Waals surface area contributed by atoms with E-state index < -0.39 is 24.6 Å². The summed E-state index contributed by atoms with van der Waals surface area (Å²) in [7, 11) is 0. The van der Waals surface area contributed by atoms with Crippen LogP contribution in [0.5, 0.6) is 0 Å². The molecule has 0 spiro atoms. The van der Waals surface area contributed by atoms with E-state index in [1.807, 2.05) is 0 Å². The van der Waals surface area contributed by atoms with Crippen LogP contribution in [0.4, 0.5) is 0 Å². The van der Waals surface area contributed by atoms with E-state index in [0.717, 1.165) is 19.3 Å². The molecule has 0 radical (unpaired) electrons. The quantitative estimate of drug-likeness (QED) is 0.296. The highest BCUT2D eigenvalue weighted by Gasteiger charge is 2.21. The zero-order valence-corrected chi connectivity index (χ0v) is 16.4. The van der Waals surface area contributed by atoms with Gasteiger partial charge in [0.15, 0.2) is 5.78 Å². The summed E-state index contributed by atoms with van der Waals surface area (Å²) in [6, 6.07) is 0. The molecule has 3 N–H and O–H groups in total. The molecule has 0 aliphatic carbocycles. The zero-order chi connectivity index (χ0) is 18.8. The van der Waals surface area contributed by atoms with Gasteiger partial charge in [-0.3, -0.25) is 4.79 Å². The molecule has 2 atom stereocenters. The summed E-state index contributed by atoms with van der Waals surface area (Å²) < 4.78 is 0. The lowest BCUT2D eigenvalue weighted by Gasteiger charge is -2.12. The fraction of sp³-hybridized carbons (Fsp3) is 0.952. The van der Waals surface area contributed by atoms with Crippen molar-refractivity contribution in [3.05, 3.63) is 0 Å². The molecule has 0 aromatic rings. The predicted octanol–water partition coefficient (Wildman–Crippen LogP) is 4.53. The van der Waals surface area contributed by atoms with E-state index in [4.69, 9.17) is 10.2 Å². The van der Waals surface area contributed by atoms with Gasteiger partial charge < -0.3 is 15.3 Å². The molecule has 0 aromatic heterocycles. The average Bonchev–Trinajstić information content (AvgIpc) is 2.63. The van der Waals surface area contributed by atoms with E-state index >= 15 is 0 Å². The number of hydrogen-bond donors (Lipinski definition) is 3. The Morgan fingerprint density at radius 3 is 1.36 bits per heavy atom. The number of unbranched alkanes of at least 4 members (excludes halogenated alkanes) is 14. The number of hydrogen-bond acceptors (Lipinski definition) is 4. The maximum absolute atomic E-state index is 11.4. The van der Waals surface area contributed by atoms with Crippen LogP contribution in [0.3, 0.4) is 0 Å². The number of ketones is 1. The van der Waals surface area contributed by atoms with Crippen LogP contribution in [0.1, 0.15) is 110 Å². The van der Waals surface area contributed by atoms with Crippen molar-refractivity contribution in [3.63, 3.8) is 0 Å². The highest BCUT2D eigenvalue weighted by Crippen LogP contribution is 2.14. The van der Waals surface area contributed by atoms with E-state index in [1.165, 1.54) is 77.0 Å². The van der Waals surface area contributed by atoms with Crippen molar-refractivity contribution in [3.8, 4) is 0 Å². The van der Waals surface area contributed by atoms with Gasteiger partial charge in [-0.15, -0.1) is 0 Å². The van der Waals surface area contributed by atoms with E-state index in [1.54, 1.807) is 0 Å². The molecule has 0 saturated heterocycles. The molecule has 2 unspecified atom stereocenters. The topological polar surface area (TPSA) is 77.8 Å². The summed E-state index contributed by atoms with van der Waals surface area (Å²) in [6.45, 7) is 1.64. The van der Waals surface area contributed by atoms with Gasteiger partial charge in [0.2, 0.25) is 0 Å². The van der Waals surface area contributed by atoms with Gasteiger partial charge in [0.05, 0.1) is 6.61 Å². The van der Waals surface area contributed by atoms with Gasteiger partial charge in [-0.1, -0.05) is 103 Å². The van der Waals surface area contributed by atoms with Crippen LogP contribution >= 0.6 is 0 Å². The Hall–Kier alpha value is -0.450. The molecule has 0 rings (SSSR count). The zero-order valence-electron chi connectivity index (χ0n) is 16.4. The highest BCUT2D eigenvalue weighted by atomic mass is 16.3. The lowest BCUT2D eigenvalue weighted by molar-refractivity contribution is -0.137. The highest BCUT2D eigenvalue weighted by molar-refractivity contribution is 5.86. The molecule has 0 aliphatic rings. The molecule has 4 nitrogen and oxygen atoms in total. The number of carbonyl (C=O) groups is 1. The van der Waals surface area contributed by atoms with Crippen molar-refractivity contribution in [1.82, 2.24) is 0 Å². The van der Waals surface area contributed by atoms with E-state index in [0.29, 0.717) is 6.42 Å². The fourth-order valence-corrected chi connectivity index (χ4v) is 3.16. The molecule has 0 aliphatic heterocycles. The van der Waals surface area contributed by atoms with Crippen molar-refractivity contribution >= 4 is 5.78 Å². The first-order valence-corrected chi connectivity index (χ1v) is 10.6. The van der Waals surface area contributed by atoms with Crippen molar-refractivity contribution in [2.75, 3.05) is 6.61 Å². The Kier molecular flexibility index (Phi) is 18.0. The molecule has 0 heterocycles. The van der Waals surface area contributed by atoms with Crippen molar-refractivity contribution < 1.29 is 20.1 Å². The molecular formula is C21H42O4. The average molecular weight is 359 g/mol. The minimum atomic E-state index is -1.44. The summed E-state index contributed by atoms with van der Waals surface area (Å²) in [5.41, 5.74) is 0. The maximum Gasteiger partial charge on any atom is 0.191 e. The first-order valence-electron chi connectivity index (χ1n) is 10.6. The number of aliphatic hydroxyl groups excluding tert-OH is 3. The summed E-state index contributed by atoms with van der Waals surface area (Å²) in [6.07, 6.45) is 17.0. The second-order valence-electron chi connectivity index (χ2n) is 7.35. The normalized spacial score (nSPS) is 13.8. The van der Waals surface area contributed by atoms with Crippen LogP contribution < -0.4 is 0 Å².